The van der Waals surface area contributed by atoms with Crippen LogP contribution in [0.3, 0.4) is 0 Å². The van der Waals surface area contributed by atoms with E-state index in [2.05, 4.69) is 4.74 Å². The molecule has 1 rings (SSSR count). The van der Waals surface area contributed by atoms with Crippen LogP contribution in [-0.4, -0.2) is 18.9 Å². The third-order valence-electron chi connectivity index (χ3n) is 1.44. The molecular formula is C7H8O3. The molecule has 0 saturated carbocycles. The highest BCUT2D eigenvalue weighted by molar-refractivity contribution is 5.97. The Morgan fingerprint density at radius 3 is 2.90 bits per heavy atom. The average Bonchev–Trinajstić information content (AvgIpc) is 2.34. The van der Waals surface area contributed by atoms with Gasteiger partial charge in [-0.15, -0.1) is 0 Å². The third kappa shape index (κ3) is 1.23. The minimum Gasteiger partial charge on any atom is -0.469 e. The maximum atomic E-state index is 10.7. The number of allylic oxidation sites excluding steroid dienone is 1. The highest BCUT2D eigenvalue weighted by atomic mass is 16.5. The van der Waals surface area contributed by atoms with Gasteiger partial charge in [0.05, 0.1) is 13.0 Å². The van der Waals surface area contributed by atoms with Gasteiger partial charge in [0.15, 0.2) is 5.78 Å². The van der Waals surface area contributed by atoms with Gasteiger partial charge in [-0.3, -0.25) is 9.59 Å². The van der Waals surface area contributed by atoms with E-state index in [0.29, 0.717) is 0 Å². The van der Waals surface area contributed by atoms with Crippen LogP contribution in [0.1, 0.15) is 6.42 Å². The van der Waals surface area contributed by atoms with Crippen LogP contribution in [0.2, 0.25) is 0 Å². The number of esters is 1. The Morgan fingerprint density at radius 1 is 1.80 bits per heavy atom. The largest absolute Gasteiger partial charge is 0.469 e. The van der Waals surface area contributed by atoms with E-state index >= 15 is 0 Å². The van der Waals surface area contributed by atoms with E-state index in [0.717, 1.165) is 0 Å². The van der Waals surface area contributed by atoms with Gasteiger partial charge in [-0.2, -0.15) is 0 Å². The van der Waals surface area contributed by atoms with E-state index in [-0.39, 0.29) is 24.1 Å². The van der Waals surface area contributed by atoms with Gasteiger partial charge in [-0.25, -0.2) is 0 Å². The number of rotatable bonds is 1. The van der Waals surface area contributed by atoms with E-state index < -0.39 is 0 Å². The summed E-state index contributed by atoms with van der Waals surface area (Å²) in [6.07, 6.45) is 3.27. The molecule has 0 N–H and O–H groups in total. The highest BCUT2D eigenvalue weighted by Crippen LogP contribution is 2.14. The Hall–Kier alpha value is -1.12. The minimum absolute atomic E-state index is 0.00426. The van der Waals surface area contributed by atoms with Crippen LogP contribution in [0.5, 0.6) is 0 Å². The third-order valence-corrected chi connectivity index (χ3v) is 1.44. The Bertz CT molecular complexity index is 193. The molecule has 0 spiro atoms. The Balaban J connectivity index is 2.54. The molecule has 3 nitrogen and oxygen atoms in total. The van der Waals surface area contributed by atoms with Crippen LogP contribution in [0.25, 0.3) is 0 Å². The van der Waals surface area contributed by atoms with Crippen molar-refractivity contribution in [2.75, 3.05) is 7.11 Å². The zero-order chi connectivity index (χ0) is 7.56. The SMILES string of the molecule is COC(=O)[C@@H]1C=CC(=O)C1. The second kappa shape index (κ2) is 2.64. The summed E-state index contributed by atoms with van der Waals surface area (Å²) in [7, 11) is 1.32. The van der Waals surface area contributed by atoms with E-state index in [9.17, 15) is 9.59 Å². The molecule has 0 saturated heterocycles. The summed E-state index contributed by atoms with van der Waals surface area (Å²) in [5.41, 5.74) is 0. The summed E-state index contributed by atoms with van der Waals surface area (Å²) in [6.45, 7) is 0. The zero-order valence-electron chi connectivity index (χ0n) is 5.66. The smallest absolute Gasteiger partial charge is 0.312 e. The maximum absolute atomic E-state index is 10.7. The van der Waals surface area contributed by atoms with Crippen LogP contribution >= 0.6 is 0 Å². The van der Waals surface area contributed by atoms with Crippen LogP contribution < -0.4 is 0 Å². The summed E-state index contributed by atoms with van der Waals surface area (Å²) in [4.78, 5) is 21.3. The van der Waals surface area contributed by atoms with E-state index in [1.807, 2.05) is 0 Å². The molecule has 0 unspecified atom stereocenters. The van der Waals surface area contributed by atoms with Gasteiger partial charge in [0.2, 0.25) is 0 Å². The van der Waals surface area contributed by atoms with Crippen molar-refractivity contribution in [3.05, 3.63) is 12.2 Å². The molecule has 10 heavy (non-hydrogen) atoms. The number of ketones is 1. The second-order valence-electron chi connectivity index (χ2n) is 2.16. The van der Waals surface area contributed by atoms with Crippen molar-refractivity contribution in [3.8, 4) is 0 Å². The number of hydrogen-bond donors (Lipinski definition) is 0. The van der Waals surface area contributed by atoms with Crippen molar-refractivity contribution in [2.24, 2.45) is 5.92 Å². The van der Waals surface area contributed by atoms with Gasteiger partial charge < -0.3 is 4.74 Å². The molecule has 3 heteroatoms. The zero-order valence-corrected chi connectivity index (χ0v) is 5.66. The van der Waals surface area contributed by atoms with Crippen molar-refractivity contribution >= 4 is 11.8 Å². The molecule has 0 aromatic rings. The quantitative estimate of drug-likeness (QED) is 0.492. The van der Waals surface area contributed by atoms with Crippen molar-refractivity contribution in [3.63, 3.8) is 0 Å². The fourth-order valence-corrected chi connectivity index (χ4v) is 0.890. The lowest BCUT2D eigenvalue weighted by Crippen LogP contribution is -2.12. The molecule has 0 heterocycles. The Labute approximate surface area is 58.7 Å². The predicted molar refractivity (Wildman–Crippen MR) is 34.3 cm³/mol. The molecular weight excluding hydrogens is 132 g/mol. The number of hydrogen-bond acceptors (Lipinski definition) is 3. The lowest BCUT2D eigenvalue weighted by Gasteiger charge is -2.01. The molecule has 0 fully saturated rings. The van der Waals surface area contributed by atoms with E-state index in [1.165, 1.54) is 13.2 Å². The highest BCUT2D eigenvalue weighted by Gasteiger charge is 2.23. The van der Waals surface area contributed by atoms with Crippen molar-refractivity contribution < 1.29 is 14.3 Å². The average molecular weight is 140 g/mol. The molecule has 1 aliphatic carbocycles. The summed E-state index contributed by atoms with van der Waals surface area (Å²) in [5.74, 6) is -0.671. The molecule has 0 aromatic carbocycles. The van der Waals surface area contributed by atoms with E-state index in [1.54, 1.807) is 6.08 Å². The summed E-state index contributed by atoms with van der Waals surface area (Å²) in [5, 5.41) is 0. The number of methoxy groups -OCH3 is 1. The van der Waals surface area contributed by atoms with Gasteiger partial charge in [0.25, 0.3) is 0 Å². The lowest BCUT2D eigenvalue weighted by atomic mass is 10.1. The Morgan fingerprint density at radius 2 is 2.50 bits per heavy atom. The summed E-state index contributed by atoms with van der Waals surface area (Å²) >= 11 is 0. The minimum atomic E-state index is -0.336. The molecule has 54 valence electrons. The number of ether oxygens (including phenoxy) is 1. The standard InChI is InChI=1S/C7H8O3/c1-10-7(9)5-2-3-6(8)4-5/h2-3,5H,4H2,1H3/t5-/m1/s1. The summed E-state index contributed by atoms with van der Waals surface area (Å²) in [6, 6.07) is 0. The van der Waals surface area contributed by atoms with Crippen LogP contribution in [0, 0.1) is 5.92 Å². The molecule has 0 aromatic heterocycles. The monoisotopic (exact) mass is 140 g/mol. The fraction of sp³-hybridized carbons (Fsp3) is 0.429. The van der Waals surface area contributed by atoms with Gasteiger partial charge in [0.1, 0.15) is 0 Å². The normalized spacial score (nSPS) is 23.3. The van der Waals surface area contributed by atoms with Crippen molar-refractivity contribution in [2.45, 2.75) is 6.42 Å². The van der Waals surface area contributed by atoms with Crippen molar-refractivity contribution in [1.82, 2.24) is 0 Å². The second-order valence-corrected chi connectivity index (χ2v) is 2.16. The molecule has 0 bridgehead atoms. The van der Waals surface area contributed by atoms with Gasteiger partial charge >= 0.3 is 5.97 Å². The Kier molecular flexibility index (Phi) is 1.85. The van der Waals surface area contributed by atoms with Crippen LogP contribution in [0.15, 0.2) is 12.2 Å². The summed E-state index contributed by atoms with van der Waals surface area (Å²) < 4.78 is 4.44. The number of carbonyl (C=O) groups is 2. The first-order valence-electron chi connectivity index (χ1n) is 3.03. The first-order valence-corrected chi connectivity index (χ1v) is 3.03. The predicted octanol–water partition coefficient (Wildman–Crippen LogP) is 0.305. The van der Waals surface area contributed by atoms with Gasteiger partial charge in [-0.1, -0.05) is 6.08 Å². The first kappa shape index (κ1) is 6.99. The molecule has 1 atom stereocenters. The topological polar surface area (TPSA) is 43.4 Å². The molecule has 0 radical (unpaired) electrons. The maximum Gasteiger partial charge on any atom is 0.312 e. The van der Waals surface area contributed by atoms with Gasteiger partial charge in [-0.05, 0) is 6.08 Å². The molecule has 1 aliphatic rings. The molecule has 0 aliphatic heterocycles. The van der Waals surface area contributed by atoms with Crippen LogP contribution in [-0.2, 0) is 14.3 Å². The fourth-order valence-electron chi connectivity index (χ4n) is 0.890. The van der Waals surface area contributed by atoms with Crippen LogP contribution in [0.4, 0.5) is 0 Å². The molecule has 0 amide bonds. The first-order chi connectivity index (χ1) is 4.74. The lowest BCUT2D eigenvalue weighted by molar-refractivity contribution is -0.144. The van der Waals surface area contributed by atoms with E-state index in [4.69, 9.17) is 0 Å². The number of carbonyl (C=O) groups excluding carboxylic acids is 2. The van der Waals surface area contributed by atoms with Gasteiger partial charge in [0, 0.05) is 6.42 Å². The van der Waals surface area contributed by atoms with Crippen molar-refractivity contribution in [1.29, 1.82) is 0 Å².